The number of fused-ring (bicyclic) bond motifs is 1. The van der Waals surface area contributed by atoms with Crippen LogP contribution in [0.25, 0.3) is 0 Å². The fourth-order valence-electron chi connectivity index (χ4n) is 6.80. The Bertz CT molecular complexity index is 1020. The summed E-state index contributed by atoms with van der Waals surface area (Å²) in [5, 5.41) is 2.50. The summed E-state index contributed by atoms with van der Waals surface area (Å²) in [7, 11) is 0. The molecule has 5 saturated heterocycles. The molecule has 5 aliphatic heterocycles. The van der Waals surface area contributed by atoms with Crippen molar-refractivity contribution in [2.75, 3.05) is 26.2 Å². The molecule has 4 bridgehead atoms. The minimum absolute atomic E-state index is 0.155. The normalized spacial score (nSPS) is 45.7. The average Bonchev–Trinajstić information content (AvgIpc) is 2.97. The summed E-state index contributed by atoms with van der Waals surface area (Å²) in [5.74, 6) is -0.586. The summed E-state index contributed by atoms with van der Waals surface area (Å²) < 4.78 is 0. The monoisotopic (exact) mass is 403 g/mol. The topological polar surface area (TPSA) is 69.7 Å². The number of nitrogens with zero attached hydrogens (tertiary/aromatic N) is 2. The van der Waals surface area contributed by atoms with E-state index in [2.05, 4.69) is 41.1 Å². The number of benzene rings is 1. The third-order valence-corrected chi connectivity index (χ3v) is 7.84. The zero-order valence-corrected chi connectivity index (χ0v) is 17.2. The summed E-state index contributed by atoms with van der Waals surface area (Å²) in [6.45, 7) is 7.37. The second-order valence-corrected chi connectivity index (χ2v) is 10.2. The number of allylic oxidation sites excluding steroid dienone is 2. The first-order chi connectivity index (χ1) is 14.3. The SMILES string of the molecule is CC12CN3CC(C)(CN(C1)C3c1ccc(C34C=CC=CC3C(=O)NC4=O)cc1)C2=O. The molecule has 1 N–H and O–H groups in total. The fraction of sp³-hybridized carbons (Fsp3) is 0.458. The molecule has 1 aliphatic carbocycles. The molecule has 2 atom stereocenters. The van der Waals surface area contributed by atoms with Crippen molar-refractivity contribution in [3.8, 4) is 0 Å². The van der Waals surface area contributed by atoms with Crippen LogP contribution in [0.3, 0.4) is 0 Å². The van der Waals surface area contributed by atoms with Crippen LogP contribution in [-0.2, 0) is 19.8 Å². The molecule has 6 aliphatic rings. The van der Waals surface area contributed by atoms with Gasteiger partial charge in [-0.05, 0) is 11.1 Å². The van der Waals surface area contributed by atoms with Crippen LogP contribution in [0, 0.1) is 16.7 Å². The fourth-order valence-corrected chi connectivity index (χ4v) is 6.80. The van der Waals surface area contributed by atoms with E-state index in [1.54, 1.807) is 0 Å². The van der Waals surface area contributed by atoms with Crippen LogP contribution in [0.1, 0.15) is 31.1 Å². The van der Waals surface area contributed by atoms with Gasteiger partial charge in [0.25, 0.3) is 0 Å². The summed E-state index contributed by atoms with van der Waals surface area (Å²) in [6, 6.07) is 8.16. The van der Waals surface area contributed by atoms with Gasteiger partial charge in [-0.1, -0.05) is 62.4 Å². The number of carbonyl (C=O) groups excluding carboxylic acids is 3. The lowest BCUT2D eigenvalue weighted by Gasteiger charge is -2.64. The Labute approximate surface area is 175 Å². The standard InChI is InChI=1S/C24H25N3O3/c1-22-11-26-13-23(2,20(22)29)14-27(12-22)19(26)15-6-8-16(9-7-15)24-10-4-3-5-17(24)18(28)25-21(24)30/h3-10,17,19H,11-14H2,1-2H3,(H,25,28,30). The lowest BCUT2D eigenvalue weighted by molar-refractivity contribution is -0.197. The number of rotatable bonds is 2. The molecule has 0 aromatic heterocycles. The number of carbonyl (C=O) groups is 3. The third-order valence-electron chi connectivity index (χ3n) is 7.84. The van der Waals surface area contributed by atoms with Crippen molar-refractivity contribution >= 4 is 17.6 Å². The van der Waals surface area contributed by atoms with E-state index >= 15 is 0 Å². The molecule has 154 valence electrons. The van der Waals surface area contributed by atoms with Gasteiger partial charge in [-0.15, -0.1) is 0 Å². The van der Waals surface area contributed by atoms with Gasteiger partial charge in [0.05, 0.1) is 22.9 Å². The predicted octanol–water partition coefficient (Wildman–Crippen LogP) is 1.55. The van der Waals surface area contributed by atoms with E-state index < -0.39 is 11.3 Å². The second kappa shape index (κ2) is 5.56. The van der Waals surface area contributed by atoms with Crippen LogP contribution in [-0.4, -0.2) is 53.6 Å². The highest BCUT2D eigenvalue weighted by Gasteiger charge is 2.62. The molecule has 2 amide bonds. The zero-order chi connectivity index (χ0) is 20.9. The van der Waals surface area contributed by atoms with Gasteiger partial charge < -0.3 is 0 Å². The minimum Gasteiger partial charge on any atom is -0.298 e. The highest BCUT2D eigenvalue weighted by molar-refractivity contribution is 6.13. The van der Waals surface area contributed by atoms with Crippen molar-refractivity contribution < 1.29 is 14.4 Å². The number of hydrogen-bond donors (Lipinski definition) is 1. The Kier molecular flexibility index (Phi) is 3.38. The smallest absolute Gasteiger partial charge is 0.242 e. The molecule has 2 unspecified atom stereocenters. The van der Waals surface area contributed by atoms with Crippen molar-refractivity contribution in [1.29, 1.82) is 0 Å². The number of hydrogen-bond acceptors (Lipinski definition) is 5. The number of Topliss-reactive ketones (excluding diaryl/α,β-unsaturated/α-hetero) is 1. The van der Waals surface area contributed by atoms with E-state index in [1.165, 1.54) is 5.56 Å². The number of imide groups is 1. The van der Waals surface area contributed by atoms with Crippen molar-refractivity contribution in [3.05, 3.63) is 59.7 Å². The van der Waals surface area contributed by atoms with Crippen LogP contribution in [0.15, 0.2) is 48.6 Å². The Morgan fingerprint density at radius 3 is 2.10 bits per heavy atom. The second-order valence-electron chi connectivity index (χ2n) is 10.2. The van der Waals surface area contributed by atoms with Gasteiger partial charge in [-0.3, -0.25) is 29.5 Å². The van der Waals surface area contributed by atoms with Crippen LogP contribution in [0.2, 0.25) is 0 Å². The van der Waals surface area contributed by atoms with Gasteiger partial charge in [0.2, 0.25) is 11.8 Å². The molecule has 1 aromatic carbocycles. The maximum atomic E-state index is 12.9. The third kappa shape index (κ3) is 2.08. The van der Waals surface area contributed by atoms with Crippen molar-refractivity contribution in [1.82, 2.24) is 15.1 Å². The number of piperidine rings is 2. The highest BCUT2D eigenvalue weighted by atomic mass is 16.2. The van der Waals surface area contributed by atoms with Crippen LogP contribution >= 0.6 is 0 Å². The first-order valence-corrected chi connectivity index (χ1v) is 10.6. The molecule has 0 spiro atoms. The average molecular weight is 403 g/mol. The van der Waals surface area contributed by atoms with Crippen LogP contribution in [0.4, 0.5) is 0 Å². The minimum atomic E-state index is -0.956. The molecule has 6 nitrogen and oxygen atoms in total. The zero-order valence-electron chi connectivity index (χ0n) is 17.2. The van der Waals surface area contributed by atoms with Gasteiger partial charge in [0, 0.05) is 26.2 Å². The largest absolute Gasteiger partial charge is 0.298 e. The summed E-state index contributed by atoms with van der Waals surface area (Å²) in [5.41, 5.74) is 0.487. The predicted molar refractivity (Wildman–Crippen MR) is 110 cm³/mol. The maximum absolute atomic E-state index is 12.9. The molecule has 0 saturated carbocycles. The van der Waals surface area contributed by atoms with Gasteiger partial charge >= 0.3 is 0 Å². The van der Waals surface area contributed by atoms with Gasteiger partial charge in [0.1, 0.15) is 11.2 Å². The van der Waals surface area contributed by atoms with E-state index in [9.17, 15) is 14.4 Å². The maximum Gasteiger partial charge on any atom is 0.242 e. The lowest BCUT2D eigenvalue weighted by Crippen LogP contribution is -2.75. The summed E-state index contributed by atoms with van der Waals surface area (Å²) >= 11 is 0. The van der Waals surface area contributed by atoms with E-state index in [0.717, 1.165) is 31.7 Å². The molecule has 1 aromatic rings. The van der Waals surface area contributed by atoms with Crippen molar-refractivity contribution in [2.45, 2.75) is 25.4 Å². The molecule has 6 heteroatoms. The molecule has 30 heavy (non-hydrogen) atoms. The molecule has 5 heterocycles. The van der Waals surface area contributed by atoms with E-state index in [-0.39, 0.29) is 28.8 Å². The van der Waals surface area contributed by atoms with Crippen molar-refractivity contribution in [2.24, 2.45) is 16.7 Å². The first kappa shape index (κ1) is 18.2. The highest BCUT2D eigenvalue weighted by Crippen LogP contribution is 2.52. The molecule has 7 rings (SSSR count). The molecule has 5 fully saturated rings. The van der Waals surface area contributed by atoms with E-state index in [4.69, 9.17) is 0 Å². The van der Waals surface area contributed by atoms with E-state index in [1.807, 2.05) is 36.4 Å². The van der Waals surface area contributed by atoms with Crippen LogP contribution in [0.5, 0.6) is 0 Å². The molecule has 0 radical (unpaired) electrons. The van der Waals surface area contributed by atoms with Crippen molar-refractivity contribution in [3.63, 3.8) is 0 Å². The molecular formula is C24H25N3O3. The number of amides is 2. The van der Waals surface area contributed by atoms with Crippen LogP contribution < -0.4 is 5.32 Å². The van der Waals surface area contributed by atoms with E-state index in [0.29, 0.717) is 5.78 Å². The Morgan fingerprint density at radius 1 is 0.900 bits per heavy atom. The first-order valence-electron chi connectivity index (χ1n) is 10.6. The Hall–Kier alpha value is -2.57. The van der Waals surface area contributed by atoms with Gasteiger partial charge in [0.15, 0.2) is 0 Å². The Morgan fingerprint density at radius 2 is 1.50 bits per heavy atom. The number of nitrogens with one attached hydrogen (secondary N) is 1. The summed E-state index contributed by atoms with van der Waals surface area (Å²) in [6.07, 6.45) is 7.48. The molecular weight excluding hydrogens is 378 g/mol. The number of ketones is 1. The lowest BCUT2D eigenvalue weighted by atomic mass is 9.62. The quantitative estimate of drug-likeness (QED) is 0.759. The Balaban J connectivity index is 1.35. The summed E-state index contributed by atoms with van der Waals surface area (Å²) in [4.78, 5) is 42.8. The van der Waals surface area contributed by atoms with Gasteiger partial charge in [-0.2, -0.15) is 0 Å². The van der Waals surface area contributed by atoms with Gasteiger partial charge in [-0.25, -0.2) is 0 Å².